The van der Waals surface area contributed by atoms with Crippen LogP contribution >= 0.6 is 0 Å². The number of anilines is 1. The molecule has 1 aliphatic carbocycles. The summed E-state index contributed by atoms with van der Waals surface area (Å²) in [6.45, 7) is 2.30. The van der Waals surface area contributed by atoms with Gasteiger partial charge in [0.25, 0.3) is 0 Å². The lowest BCUT2D eigenvalue weighted by atomic mass is 10.0. The number of benzene rings is 2. The van der Waals surface area contributed by atoms with Crippen molar-refractivity contribution in [2.24, 2.45) is 0 Å². The van der Waals surface area contributed by atoms with Crippen molar-refractivity contribution in [3.8, 4) is 0 Å². The van der Waals surface area contributed by atoms with Gasteiger partial charge < -0.3 is 4.90 Å². The van der Waals surface area contributed by atoms with Gasteiger partial charge in [0.2, 0.25) is 15.9 Å². The Labute approximate surface area is 160 Å². The largest absolute Gasteiger partial charge is 0.310 e. The molecular weight excluding hydrogens is 360 g/mol. The fourth-order valence-corrected chi connectivity index (χ4v) is 5.60. The van der Waals surface area contributed by atoms with Crippen LogP contribution in [-0.2, 0) is 21.2 Å². The zero-order chi connectivity index (χ0) is 19.0. The van der Waals surface area contributed by atoms with E-state index in [1.807, 2.05) is 61.5 Å². The highest BCUT2D eigenvalue weighted by Gasteiger charge is 2.46. The molecule has 27 heavy (non-hydrogen) atoms. The van der Waals surface area contributed by atoms with E-state index in [1.54, 1.807) is 4.90 Å². The number of aryl methyl sites for hydroxylation is 1. The second-order valence-corrected chi connectivity index (χ2v) is 9.64. The smallest absolute Gasteiger partial charge is 0.242 e. The van der Waals surface area contributed by atoms with Crippen molar-refractivity contribution in [1.82, 2.24) is 4.31 Å². The topological polar surface area (TPSA) is 57.7 Å². The van der Waals surface area contributed by atoms with Gasteiger partial charge in [-0.05, 0) is 43.9 Å². The zero-order valence-corrected chi connectivity index (χ0v) is 16.2. The number of piperazine rings is 1. The molecule has 1 unspecified atom stereocenters. The van der Waals surface area contributed by atoms with Crippen molar-refractivity contribution >= 4 is 21.6 Å². The van der Waals surface area contributed by atoms with Gasteiger partial charge in [-0.1, -0.05) is 48.0 Å². The number of sulfonamides is 1. The predicted octanol–water partition coefficient (Wildman–Crippen LogP) is 2.75. The number of hydrogen-bond donors (Lipinski definition) is 0. The number of rotatable bonds is 5. The van der Waals surface area contributed by atoms with Gasteiger partial charge in [-0.2, -0.15) is 4.31 Å². The number of amides is 1. The third-order valence-electron chi connectivity index (χ3n) is 5.33. The molecule has 0 bridgehead atoms. The average molecular weight is 385 g/mol. The third kappa shape index (κ3) is 3.77. The molecule has 0 N–H and O–H groups in total. The average Bonchev–Trinajstić information content (AvgIpc) is 3.50. The molecule has 6 heteroatoms. The molecule has 2 fully saturated rings. The van der Waals surface area contributed by atoms with Crippen LogP contribution in [0.25, 0.3) is 0 Å². The summed E-state index contributed by atoms with van der Waals surface area (Å²) in [7, 11) is -3.42. The van der Waals surface area contributed by atoms with Gasteiger partial charge in [-0.25, -0.2) is 8.42 Å². The van der Waals surface area contributed by atoms with Crippen molar-refractivity contribution in [3.05, 3.63) is 65.7 Å². The monoisotopic (exact) mass is 384 g/mol. The van der Waals surface area contributed by atoms with E-state index >= 15 is 0 Å². The minimum Gasteiger partial charge on any atom is -0.310 e. The van der Waals surface area contributed by atoms with Gasteiger partial charge in [0, 0.05) is 18.3 Å². The first kappa shape index (κ1) is 18.2. The first-order valence-electron chi connectivity index (χ1n) is 9.37. The molecule has 2 aliphatic rings. The SMILES string of the molecule is Cc1ccc(N2CC(Cc3ccccc3)N(S(=O)(=O)C3CC3)CC2=O)cc1. The van der Waals surface area contributed by atoms with Crippen molar-refractivity contribution in [2.45, 2.75) is 37.5 Å². The Balaban J connectivity index is 1.64. The molecule has 5 nitrogen and oxygen atoms in total. The highest BCUT2D eigenvalue weighted by molar-refractivity contribution is 7.90. The maximum absolute atomic E-state index is 12.9. The Kier molecular flexibility index (Phi) is 4.78. The first-order valence-corrected chi connectivity index (χ1v) is 10.9. The maximum atomic E-state index is 12.9. The van der Waals surface area contributed by atoms with Crippen LogP contribution in [0, 0.1) is 6.92 Å². The minimum absolute atomic E-state index is 0.0792. The van der Waals surface area contributed by atoms with Crippen LogP contribution in [0.4, 0.5) is 5.69 Å². The minimum atomic E-state index is -3.42. The molecule has 1 amide bonds. The molecule has 142 valence electrons. The molecule has 0 spiro atoms. The first-order chi connectivity index (χ1) is 12.9. The predicted molar refractivity (Wildman–Crippen MR) is 106 cm³/mol. The van der Waals surface area contributed by atoms with E-state index in [4.69, 9.17) is 0 Å². The van der Waals surface area contributed by atoms with Crippen LogP contribution in [0.2, 0.25) is 0 Å². The molecule has 1 saturated heterocycles. The summed E-state index contributed by atoms with van der Waals surface area (Å²) in [4.78, 5) is 14.5. The van der Waals surface area contributed by atoms with E-state index in [-0.39, 0.29) is 23.7 Å². The van der Waals surface area contributed by atoms with E-state index in [2.05, 4.69) is 0 Å². The van der Waals surface area contributed by atoms with Gasteiger partial charge in [-0.15, -0.1) is 0 Å². The molecule has 4 rings (SSSR count). The second kappa shape index (κ2) is 7.09. The molecule has 1 saturated carbocycles. The Morgan fingerprint density at radius 2 is 1.67 bits per heavy atom. The Morgan fingerprint density at radius 1 is 1.00 bits per heavy atom. The van der Waals surface area contributed by atoms with Gasteiger partial charge in [0.05, 0.1) is 11.8 Å². The van der Waals surface area contributed by atoms with Gasteiger partial charge in [-0.3, -0.25) is 4.79 Å². The van der Waals surface area contributed by atoms with E-state index in [0.717, 1.165) is 16.8 Å². The maximum Gasteiger partial charge on any atom is 0.242 e. The summed E-state index contributed by atoms with van der Waals surface area (Å²) in [5, 5.41) is -0.311. The van der Waals surface area contributed by atoms with E-state index in [0.29, 0.717) is 25.8 Å². The number of carbonyl (C=O) groups is 1. The highest BCUT2D eigenvalue weighted by atomic mass is 32.2. The van der Waals surface area contributed by atoms with Crippen molar-refractivity contribution in [1.29, 1.82) is 0 Å². The Morgan fingerprint density at radius 3 is 2.30 bits per heavy atom. The van der Waals surface area contributed by atoms with Crippen LogP contribution in [0.5, 0.6) is 0 Å². The van der Waals surface area contributed by atoms with Crippen molar-refractivity contribution in [2.75, 3.05) is 18.0 Å². The molecule has 2 aromatic carbocycles. The van der Waals surface area contributed by atoms with E-state index in [1.165, 1.54) is 4.31 Å². The van der Waals surface area contributed by atoms with Crippen molar-refractivity contribution < 1.29 is 13.2 Å². The molecule has 2 aromatic rings. The summed E-state index contributed by atoms with van der Waals surface area (Å²) in [5.41, 5.74) is 3.03. The lowest BCUT2D eigenvalue weighted by Gasteiger charge is -2.40. The number of nitrogens with zero attached hydrogens (tertiary/aromatic N) is 2. The Bertz CT molecular complexity index is 922. The number of hydrogen-bond acceptors (Lipinski definition) is 3. The molecule has 1 aliphatic heterocycles. The molecule has 1 atom stereocenters. The number of carbonyl (C=O) groups excluding carboxylic acids is 1. The van der Waals surface area contributed by atoms with Crippen molar-refractivity contribution in [3.63, 3.8) is 0 Å². The normalized spacial score (nSPS) is 21.4. The van der Waals surface area contributed by atoms with Gasteiger partial charge in [0.15, 0.2) is 0 Å². The van der Waals surface area contributed by atoms with Crippen LogP contribution < -0.4 is 4.90 Å². The molecule has 0 radical (unpaired) electrons. The van der Waals surface area contributed by atoms with E-state index < -0.39 is 10.0 Å². The highest BCUT2D eigenvalue weighted by Crippen LogP contribution is 2.34. The van der Waals surface area contributed by atoms with Crippen LogP contribution in [0.1, 0.15) is 24.0 Å². The standard InChI is InChI=1S/C21H24N2O3S/c1-16-7-9-18(10-8-16)22-14-19(13-17-5-3-2-4-6-17)23(15-21(22)24)27(25,26)20-11-12-20/h2-10,19-20H,11-15H2,1H3. The quantitative estimate of drug-likeness (QED) is 0.796. The third-order valence-corrected chi connectivity index (χ3v) is 7.72. The summed E-state index contributed by atoms with van der Waals surface area (Å²) >= 11 is 0. The fraction of sp³-hybridized carbons (Fsp3) is 0.381. The molecule has 0 aromatic heterocycles. The summed E-state index contributed by atoms with van der Waals surface area (Å²) in [5.74, 6) is -0.160. The van der Waals surface area contributed by atoms with Crippen LogP contribution in [0.3, 0.4) is 0 Å². The molecule has 1 heterocycles. The van der Waals surface area contributed by atoms with Crippen LogP contribution in [0.15, 0.2) is 54.6 Å². The lowest BCUT2D eigenvalue weighted by Crippen LogP contribution is -2.59. The lowest BCUT2D eigenvalue weighted by molar-refractivity contribution is -0.120. The van der Waals surface area contributed by atoms with Gasteiger partial charge in [0.1, 0.15) is 0 Å². The summed E-state index contributed by atoms with van der Waals surface area (Å²) < 4.78 is 27.3. The Hall–Kier alpha value is -2.18. The second-order valence-electron chi connectivity index (χ2n) is 7.47. The zero-order valence-electron chi connectivity index (χ0n) is 15.4. The fourth-order valence-electron chi connectivity index (χ4n) is 3.63. The van der Waals surface area contributed by atoms with Crippen LogP contribution in [-0.4, -0.2) is 43.0 Å². The van der Waals surface area contributed by atoms with Gasteiger partial charge >= 0.3 is 0 Å². The molecular formula is C21H24N2O3S. The van der Waals surface area contributed by atoms with E-state index in [9.17, 15) is 13.2 Å². The summed E-state index contributed by atoms with van der Waals surface area (Å²) in [6, 6.07) is 17.4. The summed E-state index contributed by atoms with van der Waals surface area (Å²) in [6.07, 6.45) is 2.00.